The van der Waals surface area contributed by atoms with E-state index < -0.39 is 0 Å². The number of carbonyl (C=O) groups is 1. The molecule has 1 fully saturated rings. The first kappa shape index (κ1) is 16.0. The zero-order chi connectivity index (χ0) is 13.1. The zero-order valence-electron chi connectivity index (χ0n) is 11.6. The number of hydrogen-bond donors (Lipinski definition) is 2. The molecule has 0 radical (unpaired) electrons. The van der Waals surface area contributed by atoms with Crippen LogP contribution in [0.4, 0.5) is 0 Å². The molecule has 3 N–H and O–H groups in total. The lowest BCUT2D eigenvalue weighted by Gasteiger charge is -2.20. The number of carbonyl (C=O) groups excluding carboxylic acids is 1. The highest BCUT2D eigenvalue weighted by molar-refractivity contribution is 5.95. The van der Waals surface area contributed by atoms with Crippen molar-refractivity contribution in [2.45, 2.75) is 39.2 Å². The summed E-state index contributed by atoms with van der Waals surface area (Å²) in [4.78, 5) is 12.2. The van der Waals surface area contributed by atoms with Crippen LogP contribution in [0.2, 0.25) is 0 Å². The van der Waals surface area contributed by atoms with Crippen LogP contribution in [0, 0.1) is 19.8 Å². The van der Waals surface area contributed by atoms with E-state index in [1.807, 2.05) is 32.0 Å². The van der Waals surface area contributed by atoms with Crippen molar-refractivity contribution in [2.75, 3.05) is 6.54 Å². The highest BCUT2D eigenvalue weighted by Gasteiger charge is 2.27. The minimum absolute atomic E-state index is 0. The normalized spacial score (nSPS) is 21.8. The Morgan fingerprint density at radius 3 is 2.74 bits per heavy atom. The monoisotopic (exact) mass is 282 g/mol. The largest absolute Gasteiger partial charge is 0.349 e. The molecule has 1 amide bonds. The van der Waals surface area contributed by atoms with Gasteiger partial charge in [0, 0.05) is 11.6 Å². The molecule has 0 heterocycles. The Labute approximate surface area is 121 Å². The molecule has 19 heavy (non-hydrogen) atoms. The maximum Gasteiger partial charge on any atom is 0.251 e. The SMILES string of the molecule is Cc1ccc(C(=O)NC2CCCC2CN)c(C)c1.Cl. The van der Waals surface area contributed by atoms with Crippen molar-refractivity contribution in [3.63, 3.8) is 0 Å². The van der Waals surface area contributed by atoms with Crippen molar-refractivity contribution in [1.29, 1.82) is 0 Å². The standard InChI is InChI=1S/C15H22N2O.ClH/c1-10-6-7-13(11(2)8-10)15(18)17-14-5-3-4-12(14)9-16;/h6-8,12,14H,3-5,9,16H2,1-2H3,(H,17,18);1H. The van der Waals surface area contributed by atoms with Crippen molar-refractivity contribution >= 4 is 18.3 Å². The molecular weight excluding hydrogens is 260 g/mol. The number of hydrogen-bond acceptors (Lipinski definition) is 2. The molecule has 106 valence electrons. The average Bonchev–Trinajstić information content (AvgIpc) is 2.76. The van der Waals surface area contributed by atoms with E-state index in [1.54, 1.807) is 0 Å². The van der Waals surface area contributed by atoms with Crippen molar-refractivity contribution in [1.82, 2.24) is 5.32 Å². The quantitative estimate of drug-likeness (QED) is 0.895. The van der Waals surface area contributed by atoms with Gasteiger partial charge in [-0.05, 0) is 50.8 Å². The number of nitrogens with one attached hydrogen (secondary N) is 1. The fraction of sp³-hybridized carbons (Fsp3) is 0.533. The highest BCUT2D eigenvalue weighted by atomic mass is 35.5. The lowest BCUT2D eigenvalue weighted by Crippen LogP contribution is -2.40. The Bertz CT molecular complexity index is 448. The maximum absolute atomic E-state index is 12.2. The van der Waals surface area contributed by atoms with Gasteiger partial charge in [-0.2, -0.15) is 0 Å². The lowest BCUT2D eigenvalue weighted by atomic mass is 10.0. The molecule has 2 atom stereocenters. The minimum Gasteiger partial charge on any atom is -0.349 e. The number of halogens is 1. The van der Waals surface area contributed by atoms with Crippen LogP contribution in [0.3, 0.4) is 0 Å². The molecule has 0 bridgehead atoms. The average molecular weight is 283 g/mol. The number of rotatable bonds is 3. The van der Waals surface area contributed by atoms with Crippen molar-refractivity contribution in [2.24, 2.45) is 11.7 Å². The molecule has 2 unspecified atom stereocenters. The molecule has 1 aliphatic rings. The molecule has 0 aliphatic heterocycles. The molecule has 1 aliphatic carbocycles. The van der Waals surface area contributed by atoms with E-state index in [1.165, 1.54) is 12.0 Å². The van der Waals surface area contributed by atoms with E-state index in [0.717, 1.165) is 24.0 Å². The molecular formula is C15H23ClN2O. The van der Waals surface area contributed by atoms with Gasteiger partial charge < -0.3 is 11.1 Å². The number of aryl methyl sites for hydroxylation is 2. The van der Waals surface area contributed by atoms with Crippen molar-refractivity contribution in [3.05, 3.63) is 34.9 Å². The molecule has 0 saturated heterocycles. The van der Waals surface area contributed by atoms with Crippen LogP contribution in [0.5, 0.6) is 0 Å². The summed E-state index contributed by atoms with van der Waals surface area (Å²) in [5.74, 6) is 0.484. The van der Waals surface area contributed by atoms with Crippen LogP contribution >= 0.6 is 12.4 Å². The van der Waals surface area contributed by atoms with Crippen LogP contribution in [0.1, 0.15) is 40.7 Å². The maximum atomic E-state index is 12.2. The van der Waals surface area contributed by atoms with Crippen molar-refractivity contribution < 1.29 is 4.79 Å². The van der Waals surface area contributed by atoms with Crippen molar-refractivity contribution in [3.8, 4) is 0 Å². The summed E-state index contributed by atoms with van der Waals surface area (Å²) in [6, 6.07) is 6.19. The van der Waals surface area contributed by atoms with Gasteiger partial charge in [-0.25, -0.2) is 0 Å². The van der Waals surface area contributed by atoms with Gasteiger partial charge in [0.15, 0.2) is 0 Å². The summed E-state index contributed by atoms with van der Waals surface area (Å²) in [6.07, 6.45) is 3.35. The van der Waals surface area contributed by atoms with Gasteiger partial charge in [0.25, 0.3) is 5.91 Å². The van der Waals surface area contributed by atoms with Gasteiger partial charge in [-0.3, -0.25) is 4.79 Å². The van der Waals surface area contributed by atoms with Gasteiger partial charge >= 0.3 is 0 Å². The van der Waals surface area contributed by atoms with E-state index in [-0.39, 0.29) is 24.4 Å². The van der Waals surface area contributed by atoms with Crippen LogP contribution in [-0.4, -0.2) is 18.5 Å². The third-order valence-corrected chi connectivity index (χ3v) is 3.90. The molecule has 1 aromatic rings. The third-order valence-electron chi connectivity index (χ3n) is 3.90. The third kappa shape index (κ3) is 3.71. The Morgan fingerprint density at radius 2 is 2.11 bits per heavy atom. The Morgan fingerprint density at radius 1 is 1.37 bits per heavy atom. The number of amides is 1. The molecule has 2 rings (SSSR count). The van der Waals surface area contributed by atoms with Gasteiger partial charge in [0.2, 0.25) is 0 Å². The molecule has 1 aromatic carbocycles. The summed E-state index contributed by atoms with van der Waals surface area (Å²) < 4.78 is 0. The predicted molar refractivity (Wildman–Crippen MR) is 80.8 cm³/mol. The first-order chi connectivity index (χ1) is 8.61. The summed E-state index contributed by atoms with van der Waals surface area (Å²) in [7, 11) is 0. The first-order valence-electron chi connectivity index (χ1n) is 6.70. The second-order valence-electron chi connectivity index (χ2n) is 5.33. The molecule has 0 aromatic heterocycles. The summed E-state index contributed by atoms with van der Waals surface area (Å²) >= 11 is 0. The summed E-state index contributed by atoms with van der Waals surface area (Å²) in [5, 5.41) is 3.14. The van der Waals surface area contributed by atoms with Crippen LogP contribution in [0.15, 0.2) is 18.2 Å². The summed E-state index contributed by atoms with van der Waals surface area (Å²) in [5.41, 5.74) is 8.74. The smallest absolute Gasteiger partial charge is 0.251 e. The number of nitrogens with two attached hydrogens (primary N) is 1. The Balaban J connectivity index is 0.00000180. The second-order valence-corrected chi connectivity index (χ2v) is 5.33. The highest BCUT2D eigenvalue weighted by Crippen LogP contribution is 2.25. The van der Waals surface area contributed by atoms with E-state index in [2.05, 4.69) is 5.32 Å². The first-order valence-corrected chi connectivity index (χ1v) is 6.70. The zero-order valence-corrected chi connectivity index (χ0v) is 12.4. The predicted octanol–water partition coefficient (Wildman–Crippen LogP) is 2.58. The minimum atomic E-state index is 0. The van der Waals surface area contributed by atoms with Gasteiger partial charge in [-0.1, -0.05) is 24.1 Å². The van der Waals surface area contributed by atoms with Crippen LogP contribution in [-0.2, 0) is 0 Å². The topological polar surface area (TPSA) is 55.1 Å². The lowest BCUT2D eigenvalue weighted by molar-refractivity contribution is 0.0928. The second kappa shape index (κ2) is 6.92. The van der Waals surface area contributed by atoms with Gasteiger partial charge in [0.05, 0.1) is 0 Å². The van der Waals surface area contributed by atoms with E-state index in [9.17, 15) is 4.79 Å². The molecule has 0 spiro atoms. The Hall–Kier alpha value is -1.06. The molecule has 3 nitrogen and oxygen atoms in total. The van der Waals surface area contributed by atoms with E-state index >= 15 is 0 Å². The Kier molecular flexibility index (Phi) is 5.83. The van der Waals surface area contributed by atoms with Gasteiger partial charge in [0.1, 0.15) is 0 Å². The van der Waals surface area contributed by atoms with Crippen LogP contribution in [0.25, 0.3) is 0 Å². The van der Waals surface area contributed by atoms with E-state index in [4.69, 9.17) is 5.73 Å². The van der Waals surface area contributed by atoms with Crippen LogP contribution < -0.4 is 11.1 Å². The van der Waals surface area contributed by atoms with Gasteiger partial charge in [-0.15, -0.1) is 12.4 Å². The molecule has 1 saturated carbocycles. The summed E-state index contributed by atoms with van der Waals surface area (Å²) in [6.45, 7) is 4.69. The fourth-order valence-corrected chi connectivity index (χ4v) is 2.82. The number of benzene rings is 1. The van der Waals surface area contributed by atoms with E-state index in [0.29, 0.717) is 12.5 Å². The molecule has 4 heteroatoms. The fourth-order valence-electron chi connectivity index (χ4n) is 2.82.